The predicted octanol–water partition coefficient (Wildman–Crippen LogP) is 1.74. The summed E-state index contributed by atoms with van der Waals surface area (Å²) in [5.41, 5.74) is 2.76. The Kier molecular flexibility index (Phi) is 12.8. The van der Waals surface area contributed by atoms with Crippen LogP contribution in [0.25, 0.3) is 0 Å². The molecular weight excluding hydrogens is 369 g/mol. The van der Waals surface area contributed by atoms with Crippen LogP contribution in [-0.2, 0) is 6.54 Å². The maximum Gasteiger partial charge on any atom is 0.171 e. The smallest absolute Gasteiger partial charge is 0.171 e. The minimum atomic E-state index is 0. The molecule has 0 fully saturated rings. The van der Waals surface area contributed by atoms with E-state index in [-0.39, 0.29) is 24.0 Å². The number of halogens is 1. The number of rotatable bonds is 8. The SMILES string of the molecule is CCCCC#CCCCCCC[n+]1ccc(C)c(C)c1.[I-]. The van der Waals surface area contributed by atoms with Gasteiger partial charge in [0.25, 0.3) is 0 Å². The van der Waals surface area contributed by atoms with Gasteiger partial charge in [0.15, 0.2) is 12.4 Å². The van der Waals surface area contributed by atoms with Gasteiger partial charge in [-0.15, -0.1) is 11.8 Å². The lowest BCUT2D eigenvalue weighted by Crippen LogP contribution is -3.00. The van der Waals surface area contributed by atoms with Crippen molar-refractivity contribution in [2.24, 2.45) is 0 Å². The molecule has 1 rings (SSSR count). The van der Waals surface area contributed by atoms with E-state index in [9.17, 15) is 0 Å². The van der Waals surface area contributed by atoms with Crippen molar-refractivity contribution in [3.63, 3.8) is 0 Å². The van der Waals surface area contributed by atoms with Crippen LogP contribution < -0.4 is 28.5 Å². The fraction of sp³-hybridized carbons (Fsp3) is 0.632. The van der Waals surface area contributed by atoms with Crippen LogP contribution in [0.3, 0.4) is 0 Å². The van der Waals surface area contributed by atoms with E-state index in [1.54, 1.807) is 0 Å². The average Bonchev–Trinajstić information content (AvgIpc) is 2.45. The highest BCUT2D eigenvalue weighted by Crippen LogP contribution is 2.04. The summed E-state index contributed by atoms with van der Waals surface area (Å²) in [5.74, 6) is 6.55. The van der Waals surface area contributed by atoms with Crippen LogP contribution in [0.2, 0.25) is 0 Å². The molecule has 1 heterocycles. The van der Waals surface area contributed by atoms with Crippen molar-refractivity contribution in [1.29, 1.82) is 0 Å². The third-order valence-corrected chi connectivity index (χ3v) is 3.75. The Morgan fingerprint density at radius 3 is 2.24 bits per heavy atom. The monoisotopic (exact) mass is 399 g/mol. The number of aromatic nitrogens is 1. The van der Waals surface area contributed by atoms with Gasteiger partial charge in [0.2, 0.25) is 0 Å². The third-order valence-electron chi connectivity index (χ3n) is 3.75. The van der Waals surface area contributed by atoms with Crippen LogP contribution in [0.4, 0.5) is 0 Å². The second-order valence-electron chi connectivity index (χ2n) is 5.67. The number of pyridine rings is 1. The maximum absolute atomic E-state index is 3.29. The third kappa shape index (κ3) is 9.90. The first-order valence-electron chi connectivity index (χ1n) is 8.16. The van der Waals surface area contributed by atoms with Crippen molar-refractivity contribution in [3.05, 3.63) is 29.6 Å². The molecule has 0 saturated heterocycles. The Bertz CT molecular complexity index is 443. The van der Waals surface area contributed by atoms with Gasteiger partial charge in [-0.05, 0) is 38.7 Å². The number of aryl methyl sites for hydroxylation is 3. The number of unbranched alkanes of at least 4 members (excludes halogenated alkanes) is 6. The molecule has 0 aromatic carbocycles. The quantitative estimate of drug-likeness (QED) is 0.271. The molecule has 0 bridgehead atoms. The second-order valence-corrected chi connectivity index (χ2v) is 5.67. The van der Waals surface area contributed by atoms with Gasteiger partial charge >= 0.3 is 0 Å². The van der Waals surface area contributed by atoms with Gasteiger partial charge in [0.1, 0.15) is 6.54 Å². The van der Waals surface area contributed by atoms with Gasteiger partial charge in [-0.2, -0.15) is 0 Å². The van der Waals surface area contributed by atoms with Crippen LogP contribution >= 0.6 is 0 Å². The van der Waals surface area contributed by atoms with E-state index in [1.165, 1.54) is 49.7 Å². The molecule has 0 aliphatic heterocycles. The molecule has 21 heavy (non-hydrogen) atoms. The summed E-state index contributed by atoms with van der Waals surface area (Å²) in [6, 6.07) is 2.21. The summed E-state index contributed by atoms with van der Waals surface area (Å²) in [6.07, 6.45) is 14.3. The Morgan fingerprint density at radius 2 is 1.57 bits per heavy atom. The minimum absolute atomic E-state index is 0. The molecule has 0 spiro atoms. The zero-order valence-electron chi connectivity index (χ0n) is 13.9. The van der Waals surface area contributed by atoms with Crippen LogP contribution in [0.1, 0.15) is 69.4 Å². The summed E-state index contributed by atoms with van der Waals surface area (Å²) < 4.78 is 2.31. The summed E-state index contributed by atoms with van der Waals surface area (Å²) >= 11 is 0. The topological polar surface area (TPSA) is 3.88 Å². The molecule has 2 heteroatoms. The van der Waals surface area contributed by atoms with Gasteiger partial charge in [0.05, 0.1) is 0 Å². The van der Waals surface area contributed by atoms with Gasteiger partial charge in [-0.25, -0.2) is 4.57 Å². The van der Waals surface area contributed by atoms with Crippen LogP contribution in [0.15, 0.2) is 18.5 Å². The molecular formula is C19H30IN. The number of nitrogens with zero attached hydrogens (tertiary/aromatic N) is 1. The molecule has 0 aliphatic carbocycles. The lowest BCUT2D eigenvalue weighted by molar-refractivity contribution is -0.697. The zero-order valence-corrected chi connectivity index (χ0v) is 16.1. The standard InChI is InChI=1S/C19H30N.HI/c1-4-5-6-7-8-9-10-11-12-13-15-20-16-14-18(2)19(3)17-20;/h14,16-17H,4-6,9-13,15H2,1-3H3;1H/q+1;/p-1. The molecule has 0 aliphatic rings. The van der Waals surface area contributed by atoms with E-state index in [0.29, 0.717) is 0 Å². The minimum Gasteiger partial charge on any atom is -1.00 e. The zero-order chi connectivity index (χ0) is 14.6. The number of hydrogen-bond donors (Lipinski definition) is 0. The molecule has 1 nitrogen and oxygen atoms in total. The molecule has 0 atom stereocenters. The Morgan fingerprint density at radius 1 is 0.905 bits per heavy atom. The first-order valence-corrected chi connectivity index (χ1v) is 8.16. The number of hydrogen-bond acceptors (Lipinski definition) is 0. The molecule has 0 radical (unpaired) electrons. The van der Waals surface area contributed by atoms with E-state index in [4.69, 9.17) is 0 Å². The molecule has 0 saturated carbocycles. The lowest BCUT2D eigenvalue weighted by Gasteiger charge is -2.00. The highest BCUT2D eigenvalue weighted by molar-refractivity contribution is 5.16. The van der Waals surface area contributed by atoms with Crippen molar-refractivity contribution in [1.82, 2.24) is 0 Å². The van der Waals surface area contributed by atoms with Crippen molar-refractivity contribution in [2.75, 3.05) is 0 Å². The molecule has 0 amide bonds. The van der Waals surface area contributed by atoms with E-state index in [1.807, 2.05) is 0 Å². The lowest BCUT2D eigenvalue weighted by atomic mass is 10.1. The van der Waals surface area contributed by atoms with Crippen molar-refractivity contribution >= 4 is 0 Å². The first-order chi connectivity index (χ1) is 9.74. The van der Waals surface area contributed by atoms with E-state index >= 15 is 0 Å². The fourth-order valence-corrected chi connectivity index (χ4v) is 2.17. The molecule has 1 aromatic heterocycles. The predicted molar refractivity (Wildman–Crippen MR) is 86.5 cm³/mol. The molecule has 1 aromatic rings. The van der Waals surface area contributed by atoms with Crippen molar-refractivity contribution in [2.45, 2.75) is 78.7 Å². The molecule has 0 unspecified atom stereocenters. The average molecular weight is 399 g/mol. The van der Waals surface area contributed by atoms with Gasteiger partial charge in [-0.1, -0.05) is 19.8 Å². The van der Waals surface area contributed by atoms with Crippen molar-refractivity contribution < 1.29 is 28.5 Å². The van der Waals surface area contributed by atoms with Gasteiger partial charge in [0, 0.05) is 30.9 Å². The fourth-order valence-electron chi connectivity index (χ4n) is 2.17. The second kappa shape index (κ2) is 13.1. The van der Waals surface area contributed by atoms with Crippen LogP contribution in [0.5, 0.6) is 0 Å². The highest BCUT2D eigenvalue weighted by atomic mass is 127. The highest BCUT2D eigenvalue weighted by Gasteiger charge is 2.02. The maximum atomic E-state index is 3.29. The molecule has 0 N–H and O–H groups in total. The first kappa shape index (κ1) is 20.4. The van der Waals surface area contributed by atoms with Gasteiger partial charge < -0.3 is 24.0 Å². The van der Waals surface area contributed by atoms with Crippen molar-refractivity contribution in [3.8, 4) is 11.8 Å². The Labute approximate surface area is 148 Å². The largest absolute Gasteiger partial charge is 1.00 e. The van der Waals surface area contributed by atoms with Crippen LogP contribution in [-0.4, -0.2) is 0 Å². The van der Waals surface area contributed by atoms with E-state index in [2.05, 4.69) is 55.6 Å². The summed E-state index contributed by atoms with van der Waals surface area (Å²) in [5, 5.41) is 0. The molecule has 118 valence electrons. The Balaban J connectivity index is 0.00000400. The summed E-state index contributed by atoms with van der Waals surface area (Å²) in [6.45, 7) is 7.71. The Hall–Kier alpha value is -0.560. The summed E-state index contributed by atoms with van der Waals surface area (Å²) in [4.78, 5) is 0. The normalized spacial score (nSPS) is 9.67. The van der Waals surface area contributed by atoms with E-state index in [0.717, 1.165) is 19.4 Å². The van der Waals surface area contributed by atoms with E-state index < -0.39 is 0 Å². The van der Waals surface area contributed by atoms with Gasteiger partial charge in [-0.3, -0.25) is 0 Å². The summed E-state index contributed by atoms with van der Waals surface area (Å²) in [7, 11) is 0. The van der Waals surface area contributed by atoms with Crippen LogP contribution in [0, 0.1) is 25.7 Å².